The van der Waals surface area contributed by atoms with E-state index in [1.807, 2.05) is 29.6 Å². The summed E-state index contributed by atoms with van der Waals surface area (Å²) in [5.41, 5.74) is 1.71. The number of hydrogen-bond acceptors (Lipinski definition) is 8. The molecule has 0 saturated heterocycles. The topological polar surface area (TPSA) is 102 Å². The number of halogens is 1. The summed E-state index contributed by atoms with van der Waals surface area (Å²) in [6.07, 6.45) is 1.71. The molecular weight excluding hydrogens is 444 g/mol. The maximum atomic E-state index is 13.2. The van der Waals surface area contributed by atoms with Gasteiger partial charge in [0.25, 0.3) is 0 Å². The van der Waals surface area contributed by atoms with Gasteiger partial charge in [-0.25, -0.2) is 13.4 Å². The number of nitrogens with zero attached hydrogens (tertiary/aromatic N) is 5. The summed E-state index contributed by atoms with van der Waals surface area (Å²) in [5, 5.41) is 13.4. The number of hydrogen-bond donors (Lipinski definition) is 1. The Hall–Kier alpha value is -3.08. The van der Waals surface area contributed by atoms with Crippen LogP contribution in [0.4, 0.5) is 5.82 Å². The molecule has 1 aromatic carbocycles. The van der Waals surface area contributed by atoms with Crippen LogP contribution in [0, 0.1) is 0 Å². The van der Waals surface area contributed by atoms with Crippen LogP contribution in [0.25, 0.3) is 15.9 Å². The van der Waals surface area contributed by atoms with Gasteiger partial charge in [-0.2, -0.15) is 4.52 Å². The van der Waals surface area contributed by atoms with Crippen molar-refractivity contribution < 1.29 is 8.42 Å². The number of nitrogens with one attached hydrogen (secondary N) is 1. The van der Waals surface area contributed by atoms with Gasteiger partial charge in [0, 0.05) is 11.2 Å². The number of sulfone groups is 1. The van der Waals surface area contributed by atoms with E-state index in [1.165, 1.54) is 40.1 Å². The van der Waals surface area contributed by atoms with Gasteiger partial charge < -0.3 is 5.32 Å². The van der Waals surface area contributed by atoms with E-state index >= 15 is 0 Å². The third kappa shape index (κ3) is 3.18. The van der Waals surface area contributed by atoms with Crippen LogP contribution < -0.4 is 5.32 Å². The molecule has 4 heterocycles. The van der Waals surface area contributed by atoms with Crippen molar-refractivity contribution in [3.63, 3.8) is 0 Å². The molecule has 0 aliphatic carbocycles. The molecule has 150 valence electrons. The molecule has 4 aromatic heterocycles. The fourth-order valence-electron chi connectivity index (χ4n) is 3.02. The number of pyridine rings is 1. The average Bonchev–Trinajstić information content (AvgIpc) is 3.40. The maximum Gasteiger partial charge on any atom is 0.229 e. The molecule has 0 fully saturated rings. The first-order chi connectivity index (χ1) is 14.5. The van der Waals surface area contributed by atoms with Gasteiger partial charge in [0.05, 0.1) is 27.4 Å². The van der Waals surface area contributed by atoms with Crippen molar-refractivity contribution in [1.82, 2.24) is 24.8 Å². The zero-order valence-corrected chi connectivity index (χ0v) is 17.6. The van der Waals surface area contributed by atoms with Gasteiger partial charge in [-0.3, -0.25) is 4.98 Å². The van der Waals surface area contributed by atoms with Crippen LogP contribution in [0.5, 0.6) is 0 Å². The SMILES string of the molecule is O=S(=O)(c1ccc(Cl)cc1)c1nnn2c1nc(NCc1ccccn1)c1sccc12. The fourth-order valence-corrected chi connectivity index (χ4v) is 5.22. The highest BCUT2D eigenvalue weighted by Crippen LogP contribution is 2.31. The summed E-state index contributed by atoms with van der Waals surface area (Å²) in [7, 11) is -3.93. The zero-order chi connectivity index (χ0) is 20.7. The first-order valence-corrected chi connectivity index (χ1v) is 11.6. The Morgan fingerprint density at radius 1 is 1.10 bits per heavy atom. The van der Waals surface area contributed by atoms with Crippen LogP contribution in [-0.2, 0) is 16.4 Å². The van der Waals surface area contributed by atoms with Crippen LogP contribution in [0.2, 0.25) is 5.02 Å². The van der Waals surface area contributed by atoms with Gasteiger partial charge in [-0.05, 0) is 47.8 Å². The molecule has 0 saturated carbocycles. The van der Waals surface area contributed by atoms with Crippen molar-refractivity contribution in [2.24, 2.45) is 0 Å². The van der Waals surface area contributed by atoms with Gasteiger partial charge >= 0.3 is 0 Å². The van der Waals surface area contributed by atoms with Gasteiger partial charge in [0.1, 0.15) is 5.82 Å². The number of thiophene rings is 1. The third-order valence-electron chi connectivity index (χ3n) is 4.46. The molecule has 0 unspecified atom stereocenters. The lowest BCUT2D eigenvalue weighted by molar-refractivity contribution is 0.592. The summed E-state index contributed by atoms with van der Waals surface area (Å²) in [6.45, 7) is 0.442. The molecule has 8 nitrogen and oxygen atoms in total. The van der Waals surface area contributed by atoms with Crippen LogP contribution >= 0.6 is 22.9 Å². The number of benzene rings is 1. The Morgan fingerprint density at radius 2 is 1.93 bits per heavy atom. The molecule has 11 heteroatoms. The molecular formula is C19H13ClN6O2S2. The van der Waals surface area contributed by atoms with Crippen LogP contribution in [0.3, 0.4) is 0 Å². The quantitative estimate of drug-likeness (QED) is 0.428. The highest BCUT2D eigenvalue weighted by molar-refractivity contribution is 7.91. The maximum absolute atomic E-state index is 13.2. The highest BCUT2D eigenvalue weighted by Gasteiger charge is 2.27. The first-order valence-electron chi connectivity index (χ1n) is 8.81. The lowest BCUT2D eigenvalue weighted by Gasteiger charge is -2.08. The Balaban J connectivity index is 1.64. The van der Waals surface area contributed by atoms with E-state index in [0.717, 1.165) is 15.9 Å². The Labute approximate surface area is 180 Å². The molecule has 5 rings (SSSR count). The third-order valence-corrected chi connectivity index (χ3v) is 7.29. The van der Waals surface area contributed by atoms with E-state index in [1.54, 1.807) is 6.20 Å². The van der Waals surface area contributed by atoms with E-state index in [0.29, 0.717) is 17.4 Å². The van der Waals surface area contributed by atoms with Crippen LogP contribution in [-0.4, -0.2) is 33.2 Å². The van der Waals surface area contributed by atoms with Gasteiger partial charge in [0.15, 0.2) is 5.65 Å². The first kappa shape index (κ1) is 18.9. The number of fused-ring (bicyclic) bond motifs is 3. The predicted octanol–water partition coefficient (Wildman–Crippen LogP) is 3.83. The smallest absolute Gasteiger partial charge is 0.229 e. The number of aromatic nitrogens is 5. The highest BCUT2D eigenvalue weighted by atomic mass is 35.5. The summed E-state index contributed by atoms with van der Waals surface area (Å²) >= 11 is 7.37. The van der Waals surface area contributed by atoms with Crippen molar-refractivity contribution in [2.75, 3.05) is 5.32 Å². The standard InChI is InChI=1S/C19H13ClN6O2S2/c20-12-4-6-14(7-5-12)30(27,28)19-18-23-17(22-11-13-3-1-2-9-21-13)16-15(8-10-29-16)26(18)25-24-19/h1-10H,11H2,(H,22,23). The molecule has 0 spiro atoms. The molecule has 0 atom stereocenters. The lowest BCUT2D eigenvalue weighted by Crippen LogP contribution is -2.07. The summed E-state index contributed by atoms with van der Waals surface area (Å²) in [6, 6.07) is 13.4. The lowest BCUT2D eigenvalue weighted by atomic mass is 10.3. The summed E-state index contributed by atoms with van der Waals surface area (Å²) in [4.78, 5) is 8.93. The average molecular weight is 457 g/mol. The Kier molecular flexibility index (Phi) is 4.61. The molecule has 5 aromatic rings. The Morgan fingerprint density at radius 3 is 2.70 bits per heavy atom. The molecule has 0 amide bonds. The second kappa shape index (κ2) is 7.31. The fraction of sp³-hybridized carbons (Fsp3) is 0.0526. The van der Waals surface area contributed by atoms with Gasteiger partial charge in [-0.1, -0.05) is 22.9 Å². The van der Waals surface area contributed by atoms with Crippen molar-refractivity contribution in [3.8, 4) is 0 Å². The molecule has 0 aliphatic rings. The van der Waals surface area contributed by atoms with E-state index in [-0.39, 0.29) is 15.6 Å². The Bertz CT molecular complexity index is 1460. The zero-order valence-electron chi connectivity index (χ0n) is 15.2. The molecule has 30 heavy (non-hydrogen) atoms. The van der Waals surface area contributed by atoms with E-state index in [2.05, 4.69) is 25.6 Å². The van der Waals surface area contributed by atoms with Crippen molar-refractivity contribution >= 4 is 54.5 Å². The van der Waals surface area contributed by atoms with Crippen LogP contribution in [0.1, 0.15) is 5.69 Å². The normalized spacial score (nSPS) is 11.9. The largest absolute Gasteiger partial charge is 0.363 e. The van der Waals surface area contributed by atoms with Crippen molar-refractivity contribution in [1.29, 1.82) is 0 Å². The minimum absolute atomic E-state index is 0.0736. The van der Waals surface area contributed by atoms with E-state index < -0.39 is 9.84 Å². The van der Waals surface area contributed by atoms with E-state index in [9.17, 15) is 8.42 Å². The minimum atomic E-state index is -3.93. The minimum Gasteiger partial charge on any atom is -0.363 e. The van der Waals surface area contributed by atoms with Crippen LogP contribution in [0.15, 0.2) is 70.0 Å². The molecule has 0 radical (unpaired) electrons. The van der Waals surface area contributed by atoms with Gasteiger partial charge in [0.2, 0.25) is 14.9 Å². The number of anilines is 1. The van der Waals surface area contributed by atoms with Crippen molar-refractivity contribution in [3.05, 3.63) is 70.8 Å². The molecule has 0 bridgehead atoms. The van der Waals surface area contributed by atoms with Crippen molar-refractivity contribution in [2.45, 2.75) is 16.5 Å². The summed E-state index contributed by atoms with van der Waals surface area (Å²) in [5.74, 6) is 0.549. The summed E-state index contributed by atoms with van der Waals surface area (Å²) < 4.78 is 28.6. The second-order valence-electron chi connectivity index (χ2n) is 6.36. The molecule has 0 aliphatic heterocycles. The predicted molar refractivity (Wildman–Crippen MR) is 115 cm³/mol. The molecule has 1 N–H and O–H groups in total. The van der Waals surface area contributed by atoms with Gasteiger partial charge in [-0.15, -0.1) is 16.4 Å². The number of rotatable bonds is 5. The monoisotopic (exact) mass is 456 g/mol. The second-order valence-corrected chi connectivity index (χ2v) is 9.57. The van der Waals surface area contributed by atoms with E-state index in [4.69, 9.17) is 11.6 Å².